The van der Waals surface area contributed by atoms with Crippen LogP contribution in [0.15, 0.2) is 18.2 Å². The topological polar surface area (TPSA) is 61.4 Å². The first kappa shape index (κ1) is 14.4. The SMILES string of the molecule is O=C(Nc1ccc(F)cc1F)C(=O)N1CCCNCC1. The van der Waals surface area contributed by atoms with Crippen molar-refractivity contribution in [1.82, 2.24) is 10.2 Å². The molecule has 5 nitrogen and oxygen atoms in total. The molecule has 1 aromatic carbocycles. The zero-order chi connectivity index (χ0) is 14.5. The van der Waals surface area contributed by atoms with Gasteiger partial charge >= 0.3 is 11.8 Å². The van der Waals surface area contributed by atoms with Crippen LogP contribution in [0.1, 0.15) is 6.42 Å². The summed E-state index contributed by atoms with van der Waals surface area (Å²) in [7, 11) is 0. The lowest BCUT2D eigenvalue weighted by Crippen LogP contribution is -2.41. The molecule has 1 saturated heterocycles. The van der Waals surface area contributed by atoms with Crippen molar-refractivity contribution in [1.29, 1.82) is 0 Å². The van der Waals surface area contributed by atoms with Crippen LogP contribution in [0, 0.1) is 11.6 Å². The van der Waals surface area contributed by atoms with Gasteiger partial charge in [0.25, 0.3) is 0 Å². The number of rotatable bonds is 1. The minimum Gasteiger partial charge on any atom is -0.333 e. The van der Waals surface area contributed by atoms with Gasteiger partial charge in [-0.05, 0) is 25.1 Å². The molecule has 1 fully saturated rings. The van der Waals surface area contributed by atoms with Crippen LogP contribution in [-0.2, 0) is 9.59 Å². The van der Waals surface area contributed by atoms with Gasteiger partial charge < -0.3 is 15.5 Å². The van der Waals surface area contributed by atoms with Gasteiger partial charge in [0.1, 0.15) is 11.6 Å². The number of amides is 2. The molecule has 1 aliphatic rings. The van der Waals surface area contributed by atoms with Crippen LogP contribution in [0.4, 0.5) is 14.5 Å². The number of benzene rings is 1. The minimum absolute atomic E-state index is 0.210. The van der Waals surface area contributed by atoms with Gasteiger partial charge in [0.05, 0.1) is 5.69 Å². The summed E-state index contributed by atoms with van der Waals surface area (Å²) >= 11 is 0. The lowest BCUT2D eigenvalue weighted by Gasteiger charge is -2.19. The monoisotopic (exact) mass is 283 g/mol. The fourth-order valence-corrected chi connectivity index (χ4v) is 1.96. The molecule has 0 radical (unpaired) electrons. The second-order valence-corrected chi connectivity index (χ2v) is 4.47. The number of hydrogen-bond donors (Lipinski definition) is 2. The van der Waals surface area contributed by atoms with Gasteiger partial charge in [0.15, 0.2) is 0 Å². The molecule has 1 heterocycles. The Morgan fingerprint density at radius 2 is 2.00 bits per heavy atom. The molecular weight excluding hydrogens is 268 g/mol. The molecule has 0 aliphatic carbocycles. The van der Waals surface area contributed by atoms with E-state index in [-0.39, 0.29) is 5.69 Å². The van der Waals surface area contributed by atoms with E-state index < -0.39 is 23.4 Å². The smallest absolute Gasteiger partial charge is 0.313 e. The van der Waals surface area contributed by atoms with E-state index in [2.05, 4.69) is 10.6 Å². The van der Waals surface area contributed by atoms with Crippen LogP contribution < -0.4 is 10.6 Å². The van der Waals surface area contributed by atoms with Crippen LogP contribution in [0.2, 0.25) is 0 Å². The second-order valence-electron chi connectivity index (χ2n) is 4.47. The molecule has 0 aromatic heterocycles. The summed E-state index contributed by atoms with van der Waals surface area (Å²) in [6, 6.07) is 2.74. The maximum Gasteiger partial charge on any atom is 0.313 e. The molecular formula is C13H15F2N3O2. The number of carbonyl (C=O) groups is 2. The van der Waals surface area contributed by atoms with Crippen molar-refractivity contribution >= 4 is 17.5 Å². The normalized spacial score (nSPS) is 15.6. The van der Waals surface area contributed by atoms with Gasteiger partial charge in [-0.15, -0.1) is 0 Å². The molecule has 20 heavy (non-hydrogen) atoms. The number of nitrogens with zero attached hydrogens (tertiary/aromatic N) is 1. The molecule has 108 valence electrons. The van der Waals surface area contributed by atoms with E-state index in [1.807, 2.05) is 0 Å². The summed E-state index contributed by atoms with van der Waals surface area (Å²) in [4.78, 5) is 25.1. The predicted molar refractivity (Wildman–Crippen MR) is 69.1 cm³/mol. The Hall–Kier alpha value is -2.02. The molecule has 2 N–H and O–H groups in total. The number of hydrogen-bond acceptors (Lipinski definition) is 3. The summed E-state index contributed by atoms with van der Waals surface area (Å²) in [5, 5.41) is 5.27. The summed E-state index contributed by atoms with van der Waals surface area (Å²) in [5.74, 6) is -3.29. The summed E-state index contributed by atoms with van der Waals surface area (Å²) < 4.78 is 26.1. The van der Waals surface area contributed by atoms with Gasteiger partial charge in [0.2, 0.25) is 0 Å². The highest BCUT2D eigenvalue weighted by molar-refractivity contribution is 6.39. The van der Waals surface area contributed by atoms with E-state index in [0.717, 1.165) is 25.1 Å². The molecule has 0 unspecified atom stereocenters. The van der Waals surface area contributed by atoms with Crippen molar-refractivity contribution < 1.29 is 18.4 Å². The number of halogens is 2. The molecule has 2 amide bonds. The Morgan fingerprint density at radius 3 is 2.75 bits per heavy atom. The third kappa shape index (κ3) is 3.51. The summed E-state index contributed by atoms with van der Waals surface area (Å²) in [5.41, 5.74) is -0.210. The highest BCUT2D eigenvalue weighted by Gasteiger charge is 2.23. The standard InChI is InChI=1S/C13H15F2N3O2/c14-9-2-3-11(10(15)8-9)17-12(19)13(20)18-6-1-4-16-5-7-18/h2-3,8,16H,1,4-7H2,(H,17,19). The maximum atomic E-state index is 13.4. The number of nitrogens with one attached hydrogen (secondary N) is 2. The van der Waals surface area contributed by atoms with Crippen molar-refractivity contribution in [2.24, 2.45) is 0 Å². The Morgan fingerprint density at radius 1 is 1.20 bits per heavy atom. The van der Waals surface area contributed by atoms with Crippen molar-refractivity contribution in [3.63, 3.8) is 0 Å². The third-order valence-corrected chi connectivity index (χ3v) is 3.00. The van der Waals surface area contributed by atoms with Gasteiger partial charge in [-0.3, -0.25) is 9.59 Å². The first-order chi connectivity index (χ1) is 9.58. The van der Waals surface area contributed by atoms with Crippen LogP contribution in [0.25, 0.3) is 0 Å². The van der Waals surface area contributed by atoms with Crippen LogP contribution >= 0.6 is 0 Å². The first-order valence-electron chi connectivity index (χ1n) is 6.34. The van der Waals surface area contributed by atoms with E-state index in [0.29, 0.717) is 25.7 Å². The molecule has 0 saturated carbocycles. The average Bonchev–Trinajstić information content (AvgIpc) is 2.70. The van der Waals surface area contributed by atoms with Gasteiger partial charge in [-0.1, -0.05) is 0 Å². The fraction of sp³-hybridized carbons (Fsp3) is 0.385. The third-order valence-electron chi connectivity index (χ3n) is 3.00. The highest BCUT2D eigenvalue weighted by atomic mass is 19.1. The lowest BCUT2D eigenvalue weighted by molar-refractivity contribution is -0.143. The molecule has 2 rings (SSSR count). The van der Waals surface area contributed by atoms with E-state index in [4.69, 9.17) is 0 Å². The van der Waals surface area contributed by atoms with Gasteiger partial charge in [-0.25, -0.2) is 8.78 Å². The van der Waals surface area contributed by atoms with Gasteiger partial charge in [-0.2, -0.15) is 0 Å². The van der Waals surface area contributed by atoms with Gasteiger partial charge in [0, 0.05) is 25.7 Å². The number of carbonyl (C=O) groups excluding carboxylic acids is 2. The second kappa shape index (κ2) is 6.42. The Balaban J connectivity index is 2.01. The van der Waals surface area contributed by atoms with Crippen molar-refractivity contribution in [2.75, 3.05) is 31.5 Å². The van der Waals surface area contributed by atoms with E-state index >= 15 is 0 Å². The van der Waals surface area contributed by atoms with E-state index in [1.54, 1.807) is 0 Å². The molecule has 0 atom stereocenters. The van der Waals surface area contributed by atoms with Crippen molar-refractivity contribution in [3.05, 3.63) is 29.8 Å². The lowest BCUT2D eigenvalue weighted by atomic mass is 10.3. The van der Waals surface area contributed by atoms with Crippen molar-refractivity contribution in [3.8, 4) is 0 Å². The van der Waals surface area contributed by atoms with Crippen LogP contribution in [-0.4, -0.2) is 42.9 Å². The van der Waals surface area contributed by atoms with Crippen molar-refractivity contribution in [2.45, 2.75) is 6.42 Å². The Kier molecular flexibility index (Phi) is 4.62. The summed E-state index contributed by atoms with van der Waals surface area (Å²) in [6.07, 6.45) is 0.754. The fourth-order valence-electron chi connectivity index (χ4n) is 1.96. The molecule has 0 bridgehead atoms. The zero-order valence-corrected chi connectivity index (χ0v) is 10.8. The Bertz CT molecular complexity index is 514. The molecule has 1 aliphatic heterocycles. The summed E-state index contributed by atoms with van der Waals surface area (Å²) in [6.45, 7) is 2.31. The van der Waals surface area contributed by atoms with E-state index in [1.165, 1.54) is 4.90 Å². The quantitative estimate of drug-likeness (QED) is 0.747. The Labute approximate surface area is 114 Å². The van der Waals surface area contributed by atoms with E-state index in [9.17, 15) is 18.4 Å². The van der Waals surface area contributed by atoms with Crippen LogP contribution in [0.3, 0.4) is 0 Å². The largest absolute Gasteiger partial charge is 0.333 e. The predicted octanol–water partition coefficient (Wildman–Crippen LogP) is 0.725. The highest BCUT2D eigenvalue weighted by Crippen LogP contribution is 2.15. The average molecular weight is 283 g/mol. The minimum atomic E-state index is -0.919. The molecule has 7 heteroatoms. The molecule has 1 aromatic rings. The first-order valence-corrected chi connectivity index (χ1v) is 6.34. The van der Waals surface area contributed by atoms with Crippen LogP contribution in [0.5, 0.6) is 0 Å². The maximum absolute atomic E-state index is 13.4. The molecule has 0 spiro atoms. The zero-order valence-electron chi connectivity index (χ0n) is 10.8. The number of anilines is 1.